The van der Waals surface area contributed by atoms with Gasteiger partial charge in [0.05, 0.1) is 21.3 Å². The monoisotopic (exact) mass is 439 g/mol. The van der Waals surface area contributed by atoms with Gasteiger partial charge in [-0.05, 0) is 34.1 Å². The van der Waals surface area contributed by atoms with Crippen molar-refractivity contribution in [2.45, 2.75) is 0 Å². The fraction of sp³-hybridized carbons (Fsp3) is 0.222. The third-order valence-electron chi connectivity index (χ3n) is 3.27. The molecule has 0 radical (unpaired) electrons. The van der Waals surface area contributed by atoms with Crippen molar-refractivity contribution in [1.29, 1.82) is 0 Å². The Kier molecular flexibility index (Phi) is 7.30. The van der Waals surface area contributed by atoms with Crippen molar-refractivity contribution in [2.75, 3.05) is 33.3 Å². The summed E-state index contributed by atoms with van der Waals surface area (Å²) in [7, 11) is 4.41. The van der Waals surface area contributed by atoms with Gasteiger partial charge >= 0.3 is 5.97 Å². The molecule has 0 spiro atoms. The Morgan fingerprint density at radius 3 is 2.30 bits per heavy atom. The van der Waals surface area contributed by atoms with Crippen LogP contribution in [0.2, 0.25) is 0 Å². The number of methoxy groups -OCH3 is 3. The summed E-state index contributed by atoms with van der Waals surface area (Å²) in [4.78, 5) is 23.7. The topological polar surface area (TPSA) is 96.2 Å². The first kappa shape index (κ1) is 20.4. The van der Waals surface area contributed by atoms with Crippen LogP contribution in [0.5, 0.6) is 17.2 Å². The Morgan fingerprint density at radius 1 is 1.11 bits per heavy atom. The van der Waals surface area contributed by atoms with Crippen molar-refractivity contribution in [2.24, 2.45) is 0 Å². The first-order valence-electron chi connectivity index (χ1n) is 7.67. The Hall–Kier alpha value is -2.94. The molecular weight excluding hydrogens is 422 g/mol. The van der Waals surface area contributed by atoms with Crippen LogP contribution in [0.1, 0.15) is 5.76 Å². The van der Waals surface area contributed by atoms with Crippen molar-refractivity contribution >= 4 is 39.6 Å². The summed E-state index contributed by atoms with van der Waals surface area (Å²) in [6.45, 7) is -0.457. The van der Waals surface area contributed by atoms with Crippen LogP contribution in [0.25, 0.3) is 6.08 Å². The standard InChI is InChI=1S/C18H18BrNO7/c1-23-13-8-11(9-14(24-2)18(13)25-3)20-16(21)10-26-17(22)7-5-12-4-6-15(19)27-12/h4-9H,10H2,1-3H3,(H,20,21)/b7-5+. The molecule has 0 bridgehead atoms. The first-order chi connectivity index (χ1) is 13.0. The first-order valence-corrected chi connectivity index (χ1v) is 8.46. The van der Waals surface area contributed by atoms with E-state index >= 15 is 0 Å². The minimum absolute atomic E-state index is 0.386. The quantitative estimate of drug-likeness (QED) is 0.497. The number of hydrogen-bond acceptors (Lipinski definition) is 7. The number of halogens is 1. The molecule has 0 fully saturated rings. The number of esters is 1. The summed E-state index contributed by atoms with van der Waals surface area (Å²) in [6.07, 6.45) is 2.60. The van der Waals surface area contributed by atoms with Crippen LogP contribution < -0.4 is 19.5 Å². The van der Waals surface area contributed by atoms with Crippen LogP contribution in [-0.2, 0) is 14.3 Å². The van der Waals surface area contributed by atoms with E-state index in [-0.39, 0.29) is 0 Å². The second-order valence-electron chi connectivity index (χ2n) is 5.05. The zero-order chi connectivity index (χ0) is 19.8. The molecule has 1 aromatic heterocycles. The maximum Gasteiger partial charge on any atom is 0.331 e. The maximum absolute atomic E-state index is 12.0. The lowest BCUT2D eigenvalue weighted by Gasteiger charge is -2.14. The molecule has 0 atom stereocenters. The lowest BCUT2D eigenvalue weighted by molar-refractivity contribution is -0.142. The molecular formula is C18H18BrNO7. The van der Waals surface area contributed by atoms with Gasteiger partial charge in [-0.15, -0.1) is 0 Å². The van der Waals surface area contributed by atoms with Gasteiger partial charge in [-0.25, -0.2) is 4.79 Å². The van der Waals surface area contributed by atoms with Crippen LogP contribution in [0.3, 0.4) is 0 Å². The number of benzene rings is 1. The van der Waals surface area contributed by atoms with Crippen molar-refractivity contribution < 1.29 is 33.0 Å². The predicted octanol–water partition coefficient (Wildman–Crippen LogP) is 3.26. The van der Waals surface area contributed by atoms with Crippen molar-refractivity contribution in [3.8, 4) is 17.2 Å². The zero-order valence-corrected chi connectivity index (χ0v) is 16.5. The Bertz CT molecular complexity index is 819. The average Bonchev–Trinajstić information content (AvgIpc) is 3.09. The molecule has 0 aliphatic rings. The second-order valence-corrected chi connectivity index (χ2v) is 5.83. The summed E-state index contributed by atoms with van der Waals surface area (Å²) < 4.78 is 26.3. The molecule has 2 rings (SSSR count). The van der Waals surface area contributed by atoms with E-state index < -0.39 is 18.5 Å². The van der Waals surface area contributed by atoms with Crippen LogP contribution in [0, 0.1) is 0 Å². The third kappa shape index (κ3) is 5.78. The average molecular weight is 440 g/mol. The number of nitrogens with one attached hydrogen (secondary N) is 1. The predicted molar refractivity (Wildman–Crippen MR) is 101 cm³/mol. The molecule has 1 aromatic carbocycles. The van der Waals surface area contributed by atoms with E-state index in [4.69, 9.17) is 23.4 Å². The number of ether oxygens (including phenoxy) is 4. The van der Waals surface area contributed by atoms with Crippen LogP contribution in [-0.4, -0.2) is 39.8 Å². The minimum atomic E-state index is -0.678. The van der Waals surface area contributed by atoms with Gasteiger partial charge in [0.15, 0.2) is 22.8 Å². The molecule has 2 aromatic rings. The molecule has 8 nitrogen and oxygen atoms in total. The highest BCUT2D eigenvalue weighted by molar-refractivity contribution is 9.10. The largest absolute Gasteiger partial charge is 0.493 e. The van der Waals surface area contributed by atoms with E-state index in [1.807, 2.05) is 0 Å². The molecule has 0 saturated carbocycles. The number of hydrogen-bond donors (Lipinski definition) is 1. The Labute approximate surface area is 164 Å². The molecule has 27 heavy (non-hydrogen) atoms. The van der Waals surface area contributed by atoms with E-state index in [2.05, 4.69) is 21.2 Å². The van der Waals surface area contributed by atoms with Crippen molar-refractivity contribution in [3.05, 3.63) is 40.8 Å². The molecule has 9 heteroatoms. The number of furan rings is 1. The lowest BCUT2D eigenvalue weighted by Crippen LogP contribution is -2.20. The molecule has 144 valence electrons. The van der Waals surface area contributed by atoms with E-state index in [1.54, 1.807) is 24.3 Å². The minimum Gasteiger partial charge on any atom is -0.493 e. The van der Waals surface area contributed by atoms with Crippen LogP contribution >= 0.6 is 15.9 Å². The van der Waals surface area contributed by atoms with Gasteiger partial charge in [-0.3, -0.25) is 4.79 Å². The second kappa shape index (κ2) is 9.67. The molecule has 0 saturated heterocycles. The fourth-order valence-corrected chi connectivity index (χ4v) is 2.42. The van der Waals surface area contributed by atoms with Crippen LogP contribution in [0.15, 0.2) is 39.4 Å². The van der Waals surface area contributed by atoms with E-state index in [9.17, 15) is 9.59 Å². The van der Waals surface area contributed by atoms with Gasteiger partial charge in [0.1, 0.15) is 5.76 Å². The zero-order valence-electron chi connectivity index (χ0n) is 14.9. The number of rotatable bonds is 8. The van der Waals surface area contributed by atoms with Gasteiger partial charge in [0.25, 0.3) is 5.91 Å². The summed E-state index contributed by atoms with van der Waals surface area (Å²) >= 11 is 3.15. The van der Waals surface area contributed by atoms with Gasteiger partial charge < -0.3 is 28.7 Å². The van der Waals surface area contributed by atoms with Gasteiger partial charge in [-0.1, -0.05) is 0 Å². The fourth-order valence-electron chi connectivity index (χ4n) is 2.10. The molecule has 1 N–H and O–H groups in total. The van der Waals surface area contributed by atoms with Crippen molar-refractivity contribution in [1.82, 2.24) is 0 Å². The Morgan fingerprint density at radius 2 is 1.78 bits per heavy atom. The van der Waals surface area contributed by atoms with Crippen LogP contribution in [0.4, 0.5) is 5.69 Å². The summed E-state index contributed by atoms with van der Waals surface area (Å²) in [5.41, 5.74) is 0.404. The number of carbonyl (C=O) groups excluding carboxylic acids is 2. The van der Waals surface area contributed by atoms with Gasteiger partial charge in [0, 0.05) is 23.9 Å². The maximum atomic E-state index is 12.0. The molecule has 0 unspecified atom stereocenters. The Balaban J connectivity index is 1.93. The normalized spacial score (nSPS) is 10.5. The smallest absolute Gasteiger partial charge is 0.331 e. The van der Waals surface area contributed by atoms with Gasteiger partial charge in [-0.2, -0.15) is 0 Å². The highest BCUT2D eigenvalue weighted by Crippen LogP contribution is 2.39. The summed E-state index contributed by atoms with van der Waals surface area (Å²) in [5.74, 6) is 0.447. The van der Waals surface area contributed by atoms with E-state index in [0.717, 1.165) is 6.08 Å². The van der Waals surface area contributed by atoms with Gasteiger partial charge in [0.2, 0.25) is 5.75 Å². The third-order valence-corrected chi connectivity index (χ3v) is 3.70. The van der Waals surface area contributed by atoms with E-state index in [0.29, 0.717) is 33.4 Å². The van der Waals surface area contributed by atoms with E-state index in [1.165, 1.54) is 27.4 Å². The highest BCUT2D eigenvalue weighted by Gasteiger charge is 2.15. The molecule has 0 aliphatic heterocycles. The number of amides is 1. The summed E-state index contributed by atoms with van der Waals surface area (Å²) in [5, 5.41) is 2.59. The highest BCUT2D eigenvalue weighted by atomic mass is 79.9. The lowest BCUT2D eigenvalue weighted by atomic mass is 10.2. The van der Waals surface area contributed by atoms with Crippen molar-refractivity contribution in [3.63, 3.8) is 0 Å². The number of anilines is 1. The number of carbonyl (C=O) groups is 2. The summed E-state index contributed by atoms with van der Waals surface area (Å²) in [6, 6.07) is 6.49. The SMILES string of the molecule is COc1cc(NC(=O)COC(=O)/C=C/c2ccc(Br)o2)cc(OC)c1OC. The molecule has 1 heterocycles. The molecule has 0 aliphatic carbocycles. The molecule has 1 amide bonds.